The van der Waals surface area contributed by atoms with Crippen molar-refractivity contribution >= 4 is 17.2 Å². The van der Waals surface area contributed by atoms with E-state index in [1.807, 2.05) is 36.4 Å². The Labute approximate surface area is 120 Å². The molecule has 106 valence electrons. The molecule has 4 nitrogen and oxygen atoms in total. The normalized spacial score (nSPS) is 10.2. The van der Waals surface area contributed by atoms with Crippen LogP contribution < -0.4 is 15.8 Å². The average Bonchev–Trinajstić information content (AvgIpc) is 2.48. The number of nitrogens with two attached hydrogens (primary N) is 1. The highest BCUT2D eigenvalue weighted by Crippen LogP contribution is 2.19. The summed E-state index contributed by atoms with van der Waals surface area (Å²) < 4.78 is 5.67. The van der Waals surface area contributed by atoms with E-state index in [9.17, 15) is 0 Å². The predicted octanol–water partition coefficient (Wildman–Crippen LogP) is 3.98. The highest BCUT2D eigenvalue weighted by atomic mass is 16.5. The first kappa shape index (κ1) is 14.2. The number of benzene rings is 1. The Morgan fingerprint density at radius 2 is 1.90 bits per heavy atom. The largest absolute Gasteiger partial charge is 0.494 e. The van der Waals surface area contributed by atoms with Crippen molar-refractivity contribution in [2.24, 2.45) is 0 Å². The van der Waals surface area contributed by atoms with Gasteiger partial charge in [-0.3, -0.25) is 0 Å². The van der Waals surface area contributed by atoms with Gasteiger partial charge in [-0.1, -0.05) is 19.8 Å². The van der Waals surface area contributed by atoms with Crippen LogP contribution in [0.4, 0.5) is 17.2 Å². The maximum absolute atomic E-state index is 5.67. The molecule has 1 aromatic carbocycles. The Balaban J connectivity index is 1.86. The minimum absolute atomic E-state index is 0.659. The van der Waals surface area contributed by atoms with Gasteiger partial charge < -0.3 is 15.8 Å². The van der Waals surface area contributed by atoms with Gasteiger partial charge in [-0.05, 0) is 42.8 Å². The summed E-state index contributed by atoms with van der Waals surface area (Å²) >= 11 is 0. The van der Waals surface area contributed by atoms with Crippen LogP contribution in [0.25, 0.3) is 0 Å². The number of ether oxygens (including phenoxy) is 1. The second-order valence-electron chi connectivity index (χ2n) is 4.68. The smallest absolute Gasteiger partial charge is 0.130 e. The molecule has 0 aliphatic carbocycles. The van der Waals surface area contributed by atoms with Crippen LogP contribution in [0, 0.1) is 0 Å². The van der Waals surface area contributed by atoms with Crippen LogP contribution in [0.2, 0.25) is 0 Å². The third kappa shape index (κ3) is 4.46. The van der Waals surface area contributed by atoms with Crippen LogP contribution in [0.3, 0.4) is 0 Å². The quantitative estimate of drug-likeness (QED) is 0.748. The van der Waals surface area contributed by atoms with Crippen molar-refractivity contribution in [1.82, 2.24) is 4.98 Å². The molecule has 2 aromatic rings. The lowest BCUT2D eigenvalue weighted by Gasteiger charge is -2.08. The van der Waals surface area contributed by atoms with Gasteiger partial charge in [0.1, 0.15) is 11.6 Å². The monoisotopic (exact) mass is 271 g/mol. The van der Waals surface area contributed by atoms with E-state index >= 15 is 0 Å². The Morgan fingerprint density at radius 1 is 1.10 bits per heavy atom. The summed E-state index contributed by atoms with van der Waals surface area (Å²) in [6.07, 6.45) is 5.16. The molecule has 0 amide bonds. The summed E-state index contributed by atoms with van der Waals surface area (Å²) in [5, 5.41) is 3.21. The number of nitrogen functional groups attached to an aromatic ring is 1. The molecule has 0 unspecified atom stereocenters. The van der Waals surface area contributed by atoms with Gasteiger partial charge in [-0.2, -0.15) is 0 Å². The van der Waals surface area contributed by atoms with Crippen molar-refractivity contribution < 1.29 is 4.74 Å². The van der Waals surface area contributed by atoms with E-state index in [-0.39, 0.29) is 0 Å². The first-order valence-corrected chi connectivity index (χ1v) is 6.99. The van der Waals surface area contributed by atoms with E-state index in [4.69, 9.17) is 10.5 Å². The lowest BCUT2D eigenvalue weighted by atomic mass is 10.2. The standard InChI is InChI=1S/C16H21N3O/c1-2-3-4-11-20-15-8-6-14(7-9-15)19-16-10-5-13(17)12-18-16/h5-10,12H,2-4,11,17H2,1H3,(H,18,19). The van der Waals surface area contributed by atoms with Gasteiger partial charge in [0, 0.05) is 5.69 Å². The lowest BCUT2D eigenvalue weighted by Crippen LogP contribution is -1.97. The van der Waals surface area contributed by atoms with E-state index in [1.165, 1.54) is 12.8 Å². The van der Waals surface area contributed by atoms with Crippen molar-refractivity contribution in [3.8, 4) is 5.75 Å². The molecular weight excluding hydrogens is 250 g/mol. The summed E-state index contributed by atoms with van der Waals surface area (Å²) in [5.41, 5.74) is 7.23. The molecule has 0 spiro atoms. The van der Waals surface area contributed by atoms with E-state index in [0.29, 0.717) is 5.69 Å². The van der Waals surface area contributed by atoms with Crippen LogP contribution in [-0.2, 0) is 0 Å². The van der Waals surface area contributed by atoms with Crippen molar-refractivity contribution in [3.05, 3.63) is 42.6 Å². The molecular formula is C16H21N3O. The Morgan fingerprint density at radius 3 is 2.55 bits per heavy atom. The van der Waals surface area contributed by atoms with Crippen molar-refractivity contribution in [1.29, 1.82) is 0 Å². The number of nitrogens with one attached hydrogen (secondary N) is 1. The van der Waals surface area contributed by atoms with E-state index < -0.39 is 0 Å². The van der Waals surface area contributed by atoms with Crippen LogP contribution in [0.15, 0.2) is 42.6 Å². The predicted molar refractivity (Wildman–Crippen MR) is 83.4 cm³/mol. The molecule has 4 heteroatoms. The summed E-state index contributed by atoms with van der Waals surface area (Å²) in [6.45, 7) is 2.96. The molecule has 0 aliphatic rings. The molecule has 1 heterocycles. The zero-order chi connectivity index (χ0) is 14.2. The van der Waals surface area contributed by atoms with Gasteiger partial charge in [-0.25, -0.2) is 4.98 Å². The molecule has 0 aliphatic heterocycles. The number of nitrogens with zero attached hydrogens (tertiary/aromatic N) is 1. The molecule has 0 radical (unpaired) electrons. The number of anilines is 3. The fourth-order valence-corrected chi connectivity index (χ4v) is 1.80. The molecule has 0 saturated heterocycles. The third-order valence-corrected chi connectivity index (χ3v) is 2.93. The van der Waals surface area contributed by atoms with Gasteiger partial charge in [0.25, 0.3) is 0 Å². The molecule has 0 fully saturated rings. The first-order valence-electron chi connectivity index (χ1n) is 6.99. The third-order valence-electron chi connectivity index (χ3n) is 2.93. The summed E-state index contributed by atoms with van der Waals surface area (Å²) in [4.78, 5) is 4.20. The van der Waals surface area contributed by atoms with Gasteiger partial charge in [0.2, 0.25) is 0 Å². The summed E-state index contributed by atoms with van der Waals surface area (Å²) in [7, 11) is 0. The van der Waals surface area contributed by atoms with E-state index in [1.54, 1.807) is 6.20 Å². The number of hydrogen-bond acceptors (Lipinski definition) is 4. The lowest BCUT2D eigenvalue weighted by molar-refractivity contribution is 0.306. The summed E-state index contributed by atoms with van der Waals surface area (Å²) in [6, 6.07) is 11.6. The van der Waals surface area contributed by atoms with Crippen LogP contribution in [0.1, 0.15) is 26.2 Å². The minimum Gasteiger partial charge on any atom is -0.494 e. The summed E-state index contributed by atoms with van der Waals surface area (Å²) in [5.74, 6) is 1.67. The number of aromatic nitrogens is 1. The first-order chi connectivity index (χ1) is 9.78. The Kier molecular flexibility index (Phi) is 5.24. The zero-order valence-corrected chi connectivity index (χ0v) is 11.8. The number of pyridine rings is 1. The Hall–Kier alpha value is -2.23. The maximum atomic E-state index is 5.67. The fourth-order valence-electron chi connectivity index (χ4n) is 1.80. The van der Waals surface area contributed by atoms with Crippen molar-refractivity contribution in [2.75, 3.05) is 17.7 Å². The van der Waals surface area contributed by atoms with Crippen LogP contribution in [0.5, 0.6) is 5.75 Å². The van der Waals surface area contributed by atoms with E-state index in [2.05, 4.69) is 17.2 Å². The topological polar surface area (TPSA) is 60.2 Å². The molecule has 1 aromatic heterocycles. The highest BCUT2D eigenvalue weighted by Gasteiger charge is 1.98. The van der Waals surface area contributed by atoms with Gasteiger partial charge in [0.15, 0.2) is 0 Å². The SMILES string of the molecule is CCCCCOc1ccc(Nc2ccc(N)cn2)cc1. The number of hydrogen-bond donors (Lipinski definition) is 2. The van der Waals surface area contributed by atoms with E-state index in [0.717, 1.165) is 30.3 Å². The van der Waals surface area contributed by atoms with Crippen molar-refractivity contribution in [3.63, 3.8) is 0 Å². The Bertz CT molecular complexity index is 508. The van der Waals surface area contributed by atoms with Crippen LogP contribution >= 0.6 is 0 Å². The molecule has 0 atom stereocenters. The molecule has 20 heavy (non-hydrogen) atoms. The molecule has 3 N–H and O–H groups in total. The minimum atomic E-state index is 0.659. The maximum Gasteiger partial charge on any atom is 0.130 e. The van der Waals surface area contributed by atoms with Gasteiger partial charge in [-0.15, -0.1) is 0 Å². The molecule has 2 rings (SSSR count). The number of unbranched alkanes of at least 4 members (excludes halogenated alkanes) is 2. The average molecular weight is 271 g/mol. The number of rotatable bonds is 7. The van der Waals surface area contributed by atoms with Crippen LogP contribution in [-0.4, -0.2) is 11.6 Å². The van der Waals surface area contributed by atoms with Gasteiger partial charge in [0.05, 0.1) is 18.5 Å². The highest BCUT2D eigenvalue weighted by molar-refractivity contribution is 5.58. The second kappa shape index (κ2) is 7.38. The zero-order valence-electron chi connectivity index (χ0n) is 11.8. The molecule has 0 bridgehead atoms. The molecule has 0 saturated carbocycles. The second-order valence-corrected chi connectivity index (χ2v) is 4.68. The van der Waals surface area contributed by atoms with Gasteiger partial charge >= 0.3 is 0 Å². The fraction of sp³-hybridized carbons (Fsp3) is 0.312. The van der Waals surface area contributed by atoms with Crippen molar-refractivity contribution in [2.45, 2.75) is 26.2 Å².